The summed E-state index contributed by atoms with van der Waals surface area (Å²) in [6.07, 6.45) is 3.76. The molecule has 0 unspecified atom stereocenters. The molecule has 1 aliphatic heterocycles. The number of aliphatic hydroxyl groups is 1. The first-order valence-electron chi connectivity index (χ1n) is 9.53. The monoisotopic (exact) mass is 398 g/mol. The van der Waals surface area contributed by atoms with Gasteiger partial charge in [-0.05, 0) is 31.9 Å². The molecule has 0 bridgehead atoms. The predicted octanol–water partition coefficient (Wildman–Crippen LogP) is 3.53. The zero-order valence-electron chi connectivity index (χ0n) is 16.3. The molecule has 9 heteroatoms. The second kappa shape index (κ2) is 7.23. The fourth-order valence-corrected chi connectivity index (χ4v) is 3.70. The number of benzene rings is 1. The summed E-state index contributed by atoms with van der Waals surface area (Å²) in [4.78, 5) is 25.3. The number of azo groups is 1. The minimum Gasteiger partial charge on any atom is -0.479 e. The Labute approximate surface area is 166 Å². The van der Waals surface area contributed by atoms with E-state index in [4.69, 9.17) is 9.47 Å². The lowest BCUT2D eigenvalue weighted by molar-refractivity contribution is -0.249. The van der Waals surface area contributed by atoms with Crippen LogP contribution in [0, 0.1) is 6.92 Å². The maximum atomic E-state index is 12.9. The molecule has 0 atom stereocenters. The Morgan fingerprint density at radius 2 is 1.72 bits per heavy atom. The molecule has 1 aromatic carbocycles. The lowest BCUT2D eigenvalue weighted by Gasteiger charge is -2.38. The Morgan fingerprint density at radius 1 is 1.03 bits per heavy atom. The van der Waals surface area contributed by atoms with Crippen LogP contribution in [0.25, 0.3) is 5.69 Å². The quantitative estimate of drug-likeness (QED) is 0.629. The van der Waals surface area contributed by atoms with Crippen LogP contribution in [0.4, 0.5) is 5.69 Å². The predicted molar refractivity (Wildman–Crippen MR) is 103 cm³/mol. The van der Waals surface area contributed by atoms with E-state index in [2.05, 4.69) is 10.2 Å². The van der Waals surface area contributed by atoms with Crippen molar-refractivity contribution >= 4 is 11.7 Å². The first-order valence-corrected chi connectivity index (χ1v) is 9.53. The van der Waals surface area contributed by atoms with Crippen molar-refractivity contribution in [3.63, 3.8) is 0 Å². The van der Waals surface area contributed by atoms with Crippen LogP contribution in [0.5, 0.6) is 0 Å². The molecule has 2 aromatic rings. The number of ether oxygens (including phenoxy) is 2. The van der Waals surface area contributed by atoms with Gasteiger partial charge in [0.15, 0.2) is 5.69 Å². The van der Waals surface area contributed by atoms with Gasteiger partial charge in [0.05, 0.1) is 11.4 Å². The van der Waals surface area contributed by atoms with Crippen molar-refractivity contribution in [3.8, 4) is 5.69 Å². The van der Waals surface area contributed by atoms with Gasteiger partial charge in [0, 0.05) is 19.9 Å². The minimum atomic E-state index is -1.12. The number of carbonyl (C=O) groups is 1. The highest BCUT2D eigenvalue weighted by atomic mass is 16.8. The number of nitrogens with zero attached hydrogens (tertiary/aromatic N) is 4. The summed E-state index contributed by atoms with van der Waals surface area (Å²) >= 11 is 0. The number of aromatic nitrogens is 2. The van der Waals surface area contributed by atoms with Crippen LogP contribution < -0.4 is 5.56 Å². The van der Waals surface area contributed by atoms with Crippen molar-refractivity contribution in [1.29, 1.82) is 0 Å². The number of carbonyl (C=O) groups excluding carboxylic acids is 1. The van der Waals surface area contributed by atoms with Crippen LogP contribution in [-0.4, -0.2) is 26.2 Å². The molecule has 0 saturated heterocycles. The molecule has 9 nitrogen and oxygen atoms in total. The van der Waals surface area contributed by atoms with E-state index in [1.807, 2.05) is 18.2 Å². The van der Waals surface area contributed by atoms with Crippen molar-refractivity contribution in [2.24, 2.45) is 17.3 Å². The van der Waals surface area contributed by atoms with E-state index in [9.17, 15) is 14.7 Å². The Kier molecular flexibility index (Phi) is 4.73. The average molecular weight is 398 g/mol. The largest absolute Gasteiger partial charge is 0.479 e. The summed E-state index contributed by atoms with van der Waals surface area (Å²) in [7, 11) is 1.73. The zero-order valence-corrected chi connectivity index (χ0v) is 16.3. The first-order chi connectivity index (χ1) is 13.9. The first kappa shape index (κ1) is 19.0. The molecule has 2 aliphatic rings. The summed E-state index contributed by atoms with van der Waals surface area (Å²) in [6.45, 7) is 1.72. The van der Waals surface area contributed by atoms with E-state index >= 15 is 0 Å². The van der Waals surface area contributed by atoms with Gasteiger partial charge in [-0.25, -0.2) is 9.48 Å². The Morgan fingerprint density at radius 3 is 2.38 bits per heavy atom. The molecular formula is C20H22N4O5. The summed E-state index contributed by atoms with van der Waals surface area (Å²) < 4.78 is 14.0. The lowest BCUT2D eigenvalue weighted by Crippen LogP contribution is -2.43. The van der Waals surface area contributed by atoms with E-state index < -0.39 is 29.0 Å². The number of hydrogen-bond acceptors (Lipinski definition) is 7. The van der Waals surface area contributed by atoms with E-state index in [0.29, 0.717) is 24.2 Å². The normalized spacial score (nSPS) is 18.9. The molecule has 1 fully saturated rings. The molecular weight excluding hydrogens is 376 g/mol. The maximum absolute atomic E-state index is 12.9. The smallest absolute Gasteiger partial charge is 0.369 e. The highest BCUT2D eigenvalue weighted by molar-refractivity contribution is 5.89. The molecule has 4 rings (SSSR count). The van der Waals surface area contributed by atoms with Gasteiger partial charge in [-0.2, -0.15) is 0 Å². The van der Waals surface area contributed by atoms with Crippen molar-refractivity contribution in [2.45, 2.75) is 44.8 Å². The molecule has 1 aliphatic carbocycles. The van der Waals surface area contributed by atoms with Crippen LogP contribution in [0.3, 0.4) is 0 Å². The van der Waals surface area contributed by atoms with Gasteiger partial charge in [0.2, 0.25) is 0 Å². The average Bonchev–Trinajstić information content (AvgIpc) is 2.91. The summed E-state index contributed by atoms with van der Waals surface area (Å²) in [5, 5.41) is 18.0. The highest BCUT2D eigenvalue weighted by Gasteiger charge is 2.45. The number of esters is 1. The fourth-order valence-electron chi connectivity index (χ4n) is 3.70. The second-order valence-corrected chi connectivity index (χ2v) is 7.23. The molecule has 2 heterocycles. The van der Waals surface area contributed by atoms with Gasteiger partial charge in [0.25, 0.3) is 17.0 Å². The number of hydrogen-bond donors (Lipinski definition) is 1. The number of aliphatic hydroxyl groups excluding tert-OH is 1. The van der Waals surface area contributed by atoms with E-state index in [-0.39, 0.29) is 5.69 Å². The third kappa shape index (κ3) is 3.32. The van der Waals surface area contributed by atoms with Crippen LogP contribution >= 0.6 is 0 Å². The SMILES string of the molecule is Cc1c(N=NC2=C(O)OC3(CCCCC3)OC2=O)c(=O)n(-c2ccccc2)n1C. The van der Waals surface area contributed by atoms with Gasteiger partial charge in [-0.1, -0.05) is 24.6 Å². The van der Waals surface area contributed by atoms with Crippen molar-refractivity contribution in [3.05, 3.63) is 58.0 Å². The molecule has 0 amide bonds. The minimum absolute atomic E-state index is 0.0578. The van der Waals surface area contributed by atoms with Crippen LogP contribution in [-0.2, 0) is 21.3 Å². The lowest BCUT2D eigenvalue weighted by atomic mass is 9.93. The van der Waals surface area contributed by atoms with Crippen LogP contribution in [0.15, 0.2) is 57.0 Å². The molecule has 0 radical (unpaired) electrons. The van der Waals surface area contributed by atoms with Gasteiger partial charge in [0.1, 0.15) is 0 Å². The molecule has 1 aromatic heterocycles. The summed E-state index contributed by atoms with van der Waals surface area (Å²) in [6, 6.07) is 9.10. The Balaban J connectivity index is 1.67. The third-order valence-corrected chi connectivity index (χ3v) is 5.35. The number of para-hydroxylation sites is 1. The zero-order chi connectivity index (χ0) is 20.6. The maximum Gasteiger partial charge on any atom is 0.369 e. The van der Waals surface area contributed by atoms with Crippen LogP contribution in [0.2, 0.25) is 0 Å². The molecule has 152 valence electrons. The van der Waals surface area contributed by atoms with Crippen LogP contribution in [0.1, 0.15) is 37.8 Å². The fraction of sp³-hybridized carbons (Fsp3) is 0.400. The Bertz CT molecular complexity index is 1060. The van der Waals surface area contributed by atoms with Crippen molar-refractivity contribution in [1.82, 2.24) is 9.36 Å². The van der Waals surface area contributed by atoms with E-state index in [1.54, 1.807) is 30.8 Å². The van der Waals surface area contributed by atoms with Gasteiger partial charge in [-0.3, -0.25) is 9.48 Å². The van der Waals surface area contributed by atoms with Gasteiger partial charge in [-0.15, -0.1) is 10.2 Å². The van der Waals surface area contributed by atoms with E-state index in [0.717, 1.165) is 19.3 Å². The molecule has 29 heavy (non-hydrogen) atoms. The topological polar surface area (TPSA) is 107 Å². The molecule has 1 N–H and O–H groups in total. The van der Waals surface area contributed by atoms with Crippen molar-refractivity contribution < 1.29 is 19.4 Å². The number of rotatable bonds is 3. The van der Waals surface area contributed by atoms with Gasteiger partial charge >= 0.3 is 11.9 Å². The van der Waals surface area contributed by atoms with Crippen molar-refractivity contribution in [2.75, 3.05) is 0 Å². The van der Waals surface area contributed by atoms with Gasteiger partial charge < -0.3 is 14.6 Å². The van der Waals surface area contributed by atoms with E-state index in [1.165, 1.54) is 4.68 Å². The third-order valence-electron chi connectivity index (χ3n) is 5.35. The summed E-state index contributed by atoms with van der Waals surface area (Å²) in [5.41, 5.74) is 0.439. The Hall–Kier alpha value is -3.36. The second-order valence-electron chi connectivity index (χ2n) is 7.23. The summed E-state index contributed by atoms with van der Waals surface area (Å²) in [5.74, 6) is -2.55. The highest BCUT2D eigenvalue weighted by Crippen LogP contribution is 2.38. The molecule has 1 spiro atoms. The molecule has 1 saturated carbocycles. The standard InChI is InChI=1S/C20H22N4O5/c1-13-15(17(25)24(23(13)2)14-9-5-3-6-10-14)21-22-16-18(26)28-20(29-19(16)27)11-7-4-8-12-20/h3,5-6,9-10,26H,4,7-8,11-12H2,1-2H3.